The minimum Gasteiger partial charge on any atom is -0.491 e. The molecule has 0 amide bonds. The molecule has 0 spiro atoms. The maximum Gasteiger partial charge on any atom is 0.123 e. The first-order valence-corrected chi connectivity index (χ1v) is 8.72. The fraction of sp³-hybridized carbons (Fsp3) is 0.471. The van der Waals surface area contributed by atoms with Gasteiger partial charge in [-0.1, -0.05) is 12.1 Å². The number of hydrogen-bond acceptors (Lipinski definition) is 6. The van der Waals surface area contributed by atoms with Crippen molar-refractivity contribution < 1.29 is 14.6 Å². The molecule has 1 aromatic carbocycles. The molecule has 2 aromatic rings. The van der Waals surface area contributed by atoms with E-state index in [9.17, 15) is 5.11 Å². The highest BCUT2D eigenvalue weighted by atomic mass is 32.1. The van der Waals surface area contributed by atoms with E-state index in [4.69, 9.17) is 9.47 Å². The number of ether oxygens (including phenoxy) is 2. The van der Waals surface area contributed by atoms with Crippen LogP contribution in [-0.4, -0.2) is 60.5 Å². The zero-order valence-corrected chi connectivity index (χ0v) is 14.1. The molecule has 1 aliphatic rings. The second kappa shape index (κ2) is 7.88. The van der Waals surface area contributed by atoms with Crippen LogP contribution in [0.5, 0.6) is 5.75 Å². The molecule has 5 nitrogen and oxygen atoms in total. The lowest BCUT2D eigenvalue weighted by Crippen LogP contribution is -2.42. The first kappa shape index (κ1) is 16.4. The minimum absolute atomic E-state index is 0.289. The summed E-state index contributed by atoms with van der Waals surface area (Å²) < 4.78 is 11.1. The quantitative estimate of drug-likeness (QED) is 0.878. The average Bonchev–Trinajstić information content (AvgIpc) is 3.01. The highest BCUT2D eigenvalue weighted by Crippen LogP contribution is 2.26. The van der Waals surface area contributed by atoms with Gasteiger partial charge in [0, 0.05) is 36.3 Å². The molecule has 1 aromatic heterocycles. The number of benzene rings is 1. The first-order valence-electron chi connectivity index (χ1n) is 7.84. The minimum atomic E-state index is -0.501. The summed E-state index contributed by atoms with van der Waals surface area (Å²) >= 11 is 1.62. The van der Waals surface area contributed by atoms with Gasteiger partial charge in [-0.05, 0) is 19.1 Å². The Hall–Kier alpha value is -1.47. The Morgan fingerprint density at radius 3 is 2.96 bits per heavy atom. The number of thiazole rings is 1. The average molecular weight is 334 g/mol. The molecule has 1 N–H and O–H groups in total. The number of aryl methyl sites for hydroxylation is 1. The lowest BCUT2D eigenvalue weighted by molar-refractivity contribution is 0.00466. The van der Waals surface area contributed by atoms with Crippen LogP contribution in [0.25, 0.3) is 10.6 Å². The van der Waals surface area contributed by atoms with E-state index in [1.807, 2.05) is 36.6 Å². The van der Waals surface area contributed by atoms with E-state index < -0.39 is 6.10 Å². The maximum atomic E-state index is 10.1. The first-order chi connectivity index (χ1) is 11.2. The second-order valence-electron chi connectivity index (χ2n) is 5.70. The zero-order chi connectivity index (χ0) is 16.1. The molecule has 1 atom stereocenters. The van der Waals surface area contributed by atoms with Gasteiger partial charge in [-0.2, -0.15) is 0 Å². The summed E-state index contributed by atoms with van der Waals surface area (Å²) in [6.45, 7) is 6.12. The van der Waals surface area contributed by atoms with Gasteiger partial charge in [0.2, 0.25) is 0 Å². The number of morpholine rings is 1. The molecule has 0 aliphatic carbocycles. The number of aromatic nitrogens is 1. The molecule has 1 saturated heterocycles. The van der Waals surface area contributed by atoms with Crippen LogP contribution in [0.2, 0.25) is 0 Å². The smallest absolute Gasteiger partial charge is 0.123 e. The third-order valence-corrected chi connectivity index (χ3v) is 4.72. The van der Waals surface area contributed by atoms with Gasteiger partial charge in [-0.3, -0.25) is 4.90 Å². The standard InChI is InChI=1S/C17H22N2O3S/c1-13-12-23-17(18-13)14-3-2-4-16(9-14)22-11-15(20)10-19-5-7-21-8-6-19/h2-4,9,12,15,20H,5-8,10-11H2,1H3. The lowest BCUT2D eigenvalue weighted by atomic mass is 10.2. The van der Waals surface area contributed by atoms with Gasteiger partial charge in [0.15, 0.2) is 0 Å². The van der Waals surface area contributed by atoms with Gasteiger partial charge in [-0.25, -0.2) is 4.98 Å². The van der Waals surface area contributed by atoms with Crippen molar-refractivity contribution in [2.24, 2.45) is 0 Å². The highest BCUT2D eigenvalue weighted by Gasteiger charge is 2.15. The largest absolute Gasteiger partial charge is 0.491 e. The summed E-state index contributed by atoms with van der Waals surface area (Å²) in [5.74, 6) is 0.761. The van der Waals surface area contributed by atoms with Crippen LogP contribution in [0.4, 0.5) is 0 Å². The summed E-state index contributed by atoms with van der Waals surface area (Å²) in [6, 6.07) is 7.86. The summed E-state index contributed by atoms with van der Waals surface area (Å²) in [4.78, 5) is 6.69. The molecule has 3 rings (SSSR count). The zero-order valence-electron chi connectivity index (χ0n) is 13.3. The SMILES string of the molecule is Cc1csc(-c2cccc(OCC(O)CN3CCOCC3)c2)n1. The summed E-state index contributed by atoms with van der Waals surface area (Å²) in [5.41, 5.74) is 2.07. The molecule has 6 heteroatoms. The van der Waals surface area contributed by atoms with Crippen LogP contribution < -0.4 is 4.74 Å². The molecular formula is C17H22N2O3S. The van der Waals surface area contributed by atoms with Crippen molar-refractivity contribution >= 4 is 11.3 Å². The van der Waals surface area contributed by atoms with E-state index in [1.165, 1.54) is 0 Å². The number of nitrogens with zero attached hydrogens (tertiary/aromatic N) is 2. The second-order valence-corrected chi connectivity index (χ2v) is 6.56. The Morgan fingerprint density at radius 1 is 1.39 bits per heavy atom. The predicted octanol–water partition coefficient (Wildman–Crippen LogP) is 2.19. The fourth-order valence-corrected chi connectivity index (χ4v) is 3.33. The van der Waals surface area contributed by atoms with Crippen molar-refractivity contribution in [2.75, 3.05) is 39.5 Å². The Kier molecular flexibility index (Phi) is 5.61. The van der Waals surface area contributed by atoms with Crippen LogP contribution >= 0.6 is 11.3 Å². The Bertz CT molecular complexity index is 626. The van der Waals surface area contributed by atoms with Crippen LogP contribution in [-0.2, 0) is 4.74 Å². The van der Waals surface area contributed by atoms with Crippen LogP contribution in [0, 0.1) is 6.92 Å². The topological polar surface area (TPSA) is 54.8 Å². The van der Waals surface area contributed by atoms with Gasteiger partial charge >= 0.3 is 0 Å². The summed E-state index contributed by atoms with van der Waals surface area (Å²) in [5, 5.41) is 13.2. The van der Waals surface area contributed by atoms with Crippen LogP contribution in [0.1, 0.15) is 5.69 Å². The number of aliphatic hydroxyl groups is 1. The molecule has 1 unspecified atom stereocenters. The van der Waals surface area contributed by atoms with Crippen molar-refractivity contribution in [3.8, 4) is 16.3 Å². The van der Waals surface area contributed by atoms with E-state index in [-0.39, 0.29) is 6.61 Å². The lowest BCUT2D eigenvalue weighted by Gasteiger charge is -2.28. The van der Waals surface area contributed by atoms with Gasteiger partial charge in [-0.15, -0.1) is 11.3 Å². The molecule has 1 fully saturated rings. The third-order valence-electron chi connectivity index (χ3n) is 3.72. The van der Waals surface area contributed by atoms with Crippen molar-refractivity contribution in [3.05, 3.63) is 35.3 Å². The predicted molar refractivity (Wildman–Crippen MR) is 91.0 cm³/mol. The molecule has 0 bridgehead atoms. The molecule has 0 radical (unpaired) electrons. The molecule has 124 valence electrons. The molecule has 0 saturated carbocycles. The van der Waals surface area contributed by atoms with Gasteiger partial charge in [0.25, 0.3) is 0 Å². The molecular weight excluding hydrogens is 312 g/mol. The molecule has 23 heavy (non-hydrogen) atoms. The Labute approximate surface area is 140 Å². The van der Waals surface area contributed by atoms with E-state index in [1.54, 1.807) is 11.3 Å². The van der Waals surface area contributed by atoms with E-state index >= 15 is 0 Å². The third kappa shape index (κ3) is 4.75. The number of rotatable bonds is 6. The van der Waals surface area contributed by atoms with Crippen molar-refractivity contribution in [2.45, 2.75) is 13.0 Å². The highest BCUT2D eigenvalue weighted by molar-refractivity contribution is 7.13. The maximum absolute atomic E-state index is 10.1. The van der Waals surface area contributed by atoms with E-state index in [0.29, 0.717) is 6.54 Å². The van der Waals surface area contributed by atoms with Crippen molar-refractivity contribution in [1.82, 2.24) is 9.88 Å². The van der Waals surface area contributed by atoms with Crippen LogP contribution in [0.15, 0.2) is 29.6 Å². The van der Waals surface area contributed by atoms with Crippen molar-refractivity contribution in [1.29, 1.82) is 0 Å². The van der Waals surface area contributed by atoms with Gasteiger partial charge < -0.3 is 14.6 Å². The Balaban J connectivity index is 1.53. The summed E-state index contributed by atoms with van der Waals surface area (Å²) in [7, 11) is 0. The number of hydrogen-bond donors (Lipinski definition) is 1. The van der Waals surface area contributed by atoms with Gasteiger partial charge in [0.05, 0.1) is 13.2 Å². The normalized spacial score (nSPS) is 17.1. The molecule has 2 heterocycles. The number of aliphatic hydroxyl groups excluding tert-OH is 1. The Morgan fingerprint density at radius 2 is 2.22 bits per heavy atom. The van der Waals surface area contributed by atoms with E-state index in [0.717, 1.165) is 48.3 Å². The van der Waals surface area contributed by atoms with Crippen LogP contribution in [0.3, 0.4) is 0 Å². The summed E-state index contributed by atoms with van der Waals surface area (Å²) in [6.07, 6.45) is -0.501. The van der Waals surface area contributed by atoms with Crippen molar-refractivity contribution in [3.63, 3.8) is 0 Å². The monoisotopic (exact) mass is 334 g/mol. The van der Waals surface area contributed by atoms with Gasteiger partial charge in [0.1, 0.15) is 23.5 Å². The number of β-amino-alcohol motifs (C(OH)–C–C–N with tert-alkyl or cyclic N) is 1. The molecule has 1 aliphatic heterocycles. The van der Waals surface area contributed by atoms with E-state index in [2.05, 4.69) is 9.88 Å². The fourth-order valence-electron chi connectivity index (χ4n) is 2.53.